The number of carbonyl (C=O) groups is 1. The minimum atomic E-state index is -0.0709. The molecule has 0 aromatic rings. The summed E-state index contributed by atoms with van der Waals surface area (Å²) in [5, 5.41) is 6.47. The number of amides is 1. The van der Waals surface area contributed by atoms with E-state index in [9.17, 15) is 4.79 Å². The van der Waals surface area contributed by atoms with Gasteiger partial charge in [0.1, 0.15) is 0 Å². The molecule has 1 saturated carbocycles. The summed E-state index contributed by atoms with van der Waals surface area (Å²) in [4.78, 5) is 14.3. The Hall–Kier alpha value is -0.610. The van der Waals surface area contributed by atoms with Gasteiger partial charge >= 0.3 is 0 Å². The molecule has 1 aliphatic carbocycles. The molecule has 0 saturated heterocycles. The molecule has 0 radical (unpaired) electrons. The van der Waals surface area contributed by atoms with Crippen LogP contribution >= 0.6 is 0 Å². The second-order valence-electron chi connectivity index (χ2n) is 6.45. The van der Waals surface area contributed by atoms with Gasteiger partial charge in [0.2, 0.25) is 5.91 Å². The van der Waals surface area contributed by atoms with Crippen LogP contribution in [0.25, 0.3) is 0 Å². The Labute approximate surface area is 124 Å². The molecule has 0 heterocycles. The zero-order valence-electron chi connectivity index (χ0n) is 13.7. The lowest BCUT2D eigenvalue weighted by molar-refractivity contribution is -0.123. The van der Waals surface area contributed by atoms with Crippen LogP contribution in [-0.2, 0) is 4.79 Å². The number of hydrogen-bond donors (Lipinski definition) is 2. The van der Waals surface area contributed by atoms with Gasteiger partial charge in [-0.25, -0.2) is 0 Å². The van der Waals surface area contributed by atoms with Gasteiger partial charge in [-0.15, -0.1) is 0 Å². The largest absolute Gasteiger partial charge is 0.352 e. The van der Waals surface area contributed by atoms with Crippen molar-refractivity contribution in [3.63, 3.8) is 0 Å². The third-order valence-corrected chi connectivity index (χ3v) is 4.36. The van der Waals surface area contributed by atoms with Crippen LogP contribution in [0.2, 0.25) is 0 Å². The van der Waals surface area contributed by atoms with Gasteiger partial charge in [0.15, 0.2) is 0 Å². The second kappa shape index (κ2) is 9.35. The first-order chi connectivity index (χ1) is 9.50. The molecule has 1 atom stereocenters. The Balaban J connectivity index is 2.04. The van der Waals surface area contributed by atoms with Crippen molar-refractivity contribution < 1.29 is 4.79 Å². The van der Waals surface area contributed by atoms with E-state index in [1.165, 1.54) is 19.3 Å². The number of carbonyl (C=O) groups excluding carboxylic acids is 1. The molecule has 0 aliphatic heterocycles. The highest BCUT2D eigenvalue weighted by Crippen LogP contribution is 2.17. The van der Waals surface area contributed by atoms with Gasteiger partial charge in [-0.2, -0.15) is 0 Å². The van der Waals surface area contributed by atoms with Gasteiger partial charge in [-0.05, 0) is 66.6 Å². The minimum absolute atomic E-state index is 0.0709. The Kier molecular flexibility index (Phi) is 8.15. The standard InChI is InChI=1S/C16H33N3O/c1-13(2)19(4)12-8-7-11-17-14(3)16(20)18-15-9-5-6-10-15/h13-15,17H,5-12H2,1-4H3,(H,18,20). The number of nitrogens with zero attached hydrogens (tertiary/aromatic N) is 1. The van der Waals surface area contributed by atoms with Crippen LogP contribution in [0.5, 0.6) is 0 Å². The molecule has 1 unspecified atom stereocenters. The molecular formula is C16H33N3O. The molecule has 0 spiro atoms. The minimum Gasteiger partial charge on any atom is -0.352 e. The quantitative estimate of drug-likeness (QED) is 0.637. The lowest BCUT2D eigenvalue weighted by Crippen LogP contribution is -2.45. The summed E-state index contributed by atoms with van der Waals surface area (Å²) in [6.07, 6.45) is 7.13. The third-order valence-electron chi connectivity index (χ3n) is 4.36. The SMILES string of the molecule is CC(NCCCCN(C)C(C)C)C(=O)NC1CCCC1. The molecule has 0 aromatic heterocycles. The van der Waals surface area contributed by atoms with Gasteiger partial charge in [0.25, 0.3) is 0 Å². The maximum atomic E-state index is 12.0. The van der Waals surface area contributed by atoms with Gasteiger partial charge in [-0.1, -0.05) is 12.8 Å². The van der Waals surface area contributed by atoms with E-state index in [0.29, 0.717) is 12.1 Å². The third kappa shape index (κ3) is 6.71. The zero-order valence-corrected chi connectivity index (χ0v) is 13.7. The van der Waals surface area contributed by atoms with Crippen molar-refractivity contribution in [2.24, 2.45) is 0 Å². The Morgan fingerprint density at radius 1 is 1.20 bits per heavy atom. The first-order valence-corrected chi connectivity index (χ1v) is 8.24. The molecule has 0 aromatic carbocycles. The molecule has 1 amide bonds. The van der Waals surface area contributed by atoms with Gasteiger partial charge in [-0.3, -0.25) is 4.79 Å². The second-order valence-corrected chi connectivity index (χ2v) is 6.45. The summed E-state index contributed by atoms with van der Waals surface area (Å²) >= 11 is 0. The van der Waals surface area contributed by atoms with E-state index in [1.807, 2.05) is 6.92 Å². The first-order valence-electron chi connectivity index (χ1n) is 8.24. The molecule has 1 aliphatic rings. The highest BCUT2D eigenvalue weighted by Gasteiger charge is 2.19. The summed E-state index contributed by atoms with van der Waals surface area (Å²) in [5.41, 5.74) is 0. The van der Waals surface area contributed by atoms with E-state index in [0.717, 1.165) is 32.4 Å². The van der Waals surface area contributed by atoms with Crippen LogP contribution in [0.3, 0.4) is 0 Å². The van der Waals surface area contributed by atoms with Crippen LogP contribution < -0.4 is 10.6 Å². The maximum Gasteiger partial charge on any atom is 0.237 e. The van der Waals surface area contributed by atoms with Crippen LogP contribution in [0.4, 0.5) is 0 Å². The Morgan fingerprint density at radius 3 is 2.45 bits per heavy atom. The Bertz CT molecular complexity index is 275. The summed E-state index contributed by atoms with van der Waals surface area (Å²) in [6.45, 7) is 8.44. The van der Waals surface area contributed by atoms with Crippen molar-refractivity contribution in [1.82, 2.24) is 15.5 Å². The fourth-order valence-corrected chi connectivity index (χ4v) is 2.55. The van der Waals surface area contributed by atoms with Crippen molar-refractivity contribution in [3.8, 4) is 0 Å². The smallest absolute Gasteiger partial charge is 0.237 e. The normalized spacial score (nSPS) is 17.9. The van der Waals surface area contributed by atoms with Crippen molar-refractivity contribution in [2.75, 3.05) is 20.1 Å². The Morgan fingerprint density at radius 2 is 1.85 bits per heavy atom. The van der Waals surface area contributed by atoms with Gasteiger partial charge < -0.3 is 15.5 Å². The summed E-state index contributed by atoms with van der Waals surface area (Å²) in [6, 6.07) is 0.962. The average molecular weight is 283 g/mol. The molecule has 118 valence electrons. The number of nitrogens with one attached hydrogen (secondary N) is 2. The monoisotopic (exact) mass is 283 g/mol. The lowest BCUT2D eigenvalue weighted by Gasteiger charge is -2.21. The summed E-state index contributed by atoms with van der Waals surface area (Å²) in [5.74, 6) is 0.163. The topological polar surface area (TPSA) is 44.4 Å². The molecule has 2 N–H and O–H groups in total. The fourth-order valence-electron chi connectivity index (χ4n) is 2.55. The van der Waals surface area contributed by atoms with E-state index in [1.54, 1.807) is 0 Å². The predicted molar refractivity (Wildman–Crippen MR) is 84.9 cm³/mol. The van der Waals surface area contributed by atoms with Crippen LogP contribution in [0.1, 0.15) is 59.3 Å². The summed E-state index contributed by atoms with van der Waals surface area (Å²) < 4.78 is 0. The molecule has 20 heavy (non-hydrogen) atoms. The number of rotatable bonds is 9. The van der Waals surface area contributed by atoms with Crippen molar-refractivity contribution >= 4 is 5.91 Å². The van der Waals surface area contributed by atoms with Crippen molar-refractivity contribution in [1.29, 1.82) is 0 Å². The molecular weight excluding hydrogens is 250 g/mol. The summed E-state index contributed by atoms with van der Waals surface area (Å²) in [7, 11) is 2.16. The van der Waals surface area contributed by atoms with Gasteiger partial charge in [0, 0.05) is 12.1 Å². The van der Waals surface area contributed by atoms with Crippen molar-refractivity contribution in [3.05, 3.63) is 0 Å². The molecule has 1 rings (SSSR count). The highest BCUT2D eigenvalue weighted by atomic mass is 16.2. The number of unbranched alkanes of at least 4 members (excludes halogenated alkanes) is 1. The lowest BCUT2D eigenvalue weighted by atomic mass is 10.2. The van der Waals surface area contributed by atoms with E-state index in [-0.39, 0.29) is 11.9 Å². The van der Waals surface area contributed by atoms with E-state index >= 15 is 0 Å². The highest BCUT2D eigenvalue weighted by molar-refractivity contribution is 5.81. The maximum absolute atomic E-state index is 12.0. The van der Waals surface area contributed by atoms with E-state index < -0.39 is 0 Å². The first kappa shape index (κ1) is 17.4. The van der Waals surface area contributed by atoms with Crippen molar-refractivity contribution in [2.45, 2.75) is 77.4 Å². The molecule has 4 nitrogen and oxygen atoms in total. The van der Waals surface area contributed by atoms with Crippen LogP contribution in [0, 0.1) is 0 Å². The molecule has 4 heteroatoms. The van der Waals surface area contributed by atoms with E-state index in [4.69, 9.17) is 0 Å². The van der Waals surface area contributed by atoms with E-state index in [2.05, 4.69) is 36.4 Å². The van der Waals surface area contributed by atoms with Gasteiger partial charge in [0.05, 0.1) is 6.04 Å². The molecule has 1 fully saturated rings. The van der Waals surface area contributed by atoms with Crippen LogP contribution in [-0.4, -0.2) is 49.1 Å². The van der Waals surface area contributed by atoms with Crippen LogP contribution in [0.15, 0.2) is 0 Å². The predicted octanol–water partition coefficient (Wildman–Crippen LogP) is 2.14. The molecule has 0 bridgehead atoms. The average Bonchev–Trinajstić information content (AvgIpc) is 2.90. The number of hydrogen-bond acceptors (Lipinski definition) is 3. The fraction of sp³-hybridized carbons (Fsp3) is 0.938. The zero-order chi connectivity index (χ0) is 15.0.